The third-order valence-electron chi connectivity index (χ3n) is 2.36. The molecule has 1 rings (SSSR count). The van der Waals surface area contributed by atoms with Crippen LogP contribution in [0.3, 0.4) is 0 Å². The number of ether oxygens (including phenoxy) is 2. The molecule has 1 aromatic rings. The standard InChI is InChI=1S/C13H15NO6/c1-3-4-8-12(16)20-13-10(14(17)18)6-5-7-11(13)19-9(2)15/h5-7H,3-4,8H2,1-2H3. The molecule has 0 aliphatic carbocycles. The number of carbonyl (C=O) groups excluding carboxylic acids is 2. The van der Waals surface area contributed by atoms with Crippen molar-refractivity contribution in [1.29, 1.82) is 0 Å². The molecule has 0 atom stereocenters. The molecule has 0 heterocycles. The van der Waals surface area contributed by atoms with Crippen molar-refractivity contribution in [2.24, 2.45) is 0 Å². The molecule has 0 amide bonds. The van der Waals surface area contributed by atoms with Crippen LogP contribution in [0.4, 0.5) is 5.69 Å². The Hall–Kier alpha value is -2.44. The Kier molecular flexibility index (Phi) is 5.64. The molecular formula is C13H15NO6. The molecule has 0 unspecified atom stereocenters. The quantitative estimate of drug-likeness (QED) is 0.344. The number of carbonyl (C=O) groups is 2. The highest BCUT2D eigenvalue weighted by Crippen LogP contribution is 2.37. The lowest BCUT2D eigenvalue weighted by molar-refractivity contribution is -0.385. The lowest BCUT2D eigenvalue weighted by Gasteiger charge is -2.09. The maximum absolute atomic E-state index is 11.6. The van der Waals surface area contributed by atoms with E-state index in [4.69, 9.17) is 9.47 Å². The fourth-order valence-corrected chi connectivity index (χ4v) is 1.47. The Morgan fingerprint density at radius 1 is 1.30 bits per heavy atom. The van der Waals surface area contributed by atoms with Crippen molar-refractivity contribution in [3.8, 4) is 11.5 Å². The average Bonchev–Trinajstić information content (AvgIpc) is 2.37. The van der Waals surface area contributed by atoms with Gasteiger partial charge >= 0.3 is 17.6 Å². The number of nitro benzene ring substituents is 1. The molecule has 1 aromatic carbocycles. The van der Waals surface area contributed by atoms with E-state index < -0.39 is 22.5 Å². The number of hydrogen-bond acceptors (Lipinski definition) is 6. The van der Waals surface area contributed by atoms with E-state index in [2.05, 4.69) is 0 Å². The van der Waals surface area contributed by atoms with Crippen LogP contribution in [-0.4, -0.2) is 16.9 Å². The van der Waals surface area contributed by atoms with E-state index >= 15 is 0 Å². The van der Waals surface area contributed by atoms with Crippen molar-refractivity contribution >= 4 is 17.6 Å². The average molecular weight is 281 g/mol. The first kappa shape index (κ1) is 15.6. The Morgan fingerprint density at radius 2 is 2.00 bits per heavy atom. The molecule has 20 heavy (non-hydrogen) atoms. The Balaban J connectivity index is 3.07. The second kappa shape index (κ2) is 7.22. The maximum atomic E-state index is 11.6. The molecule has 108 valence electrons. The normalized spacial score (nSPS) is 9.90. The minimum Gasteiger partial charge on any atom is -0.422 e. The maximum Gasteiger partial charge on any atom is 0.315 e. The fraction of sp³-hybridized carbons (Fsp3) is 0.385. The highest BCUT2D eigenvalue weighted by molar-refractivity contribution is 5.77. The minimum atomic E-state index is -0.699. The summed E-state index contributed by atoms with van der Waals surface area (Å²) in [5, 5.41) is 10.9. The van der Waals surface area contributed by atoms with Gasteiger partial charge in [0.2, 0.25) is 0 Å². The van der Waals surface area contributed by atoms with Gasteiger partial charge in [-0.05, 0) is 12.5 Å². The van der Waals surface area contributed by atoms with Gasteiger partial charge in [0.15, 0.2) is 5.75 Å². The van der Waals surface area contributed by atoms with Crippen molar-refractivity contribution in [2.45, 2.75) is 33.1 Å². The summed E-state index contributed by atoms with van der Waals surface area (Å²) in [5.74, 6) is -1.74. The molecule has 0 spiro atoms. The number of unbranched alkanes of at least 4 members (excludes halogenated alkanes) is 1. The number of nitro groups is 1. The van der Waals surface area contributed by atoms with Crippen LogP contribution in [0.1, 0.15) is 33.1 Å². The summed E-state index contributed by atoms with van der Waals surface area (Å²) < 4.78 is 9.80. The van der Waals surface area contributed by atoms with Gasteiger partial charge in [0, 0.05) is 19.4 Å². The smallest absolute Gasteiger partial charge is 0.315 e. The van der Waals surface area contributed by atoms with Gasteiger partial charge in [0.25, 0.3) is 5.75 Å². The number of para-hydroxylation sites is 1. The Bertz CT molecular complexity index is 526. The van der Waals surface area contributed by atoms with Crippen molar-refractivity contribution in [3.05, 3.63) is 28.3 Å². The Labute approximate surface area is 115 Å². The number of benzene rings is 1. The molecule has 0 saturated heterocycles. The van der Waals surface area contributed by atoms with Gasteiger partial charge in [0.1, 0.15) is 0 Å². The summed E-state index contributed by atoms with van der Waals surface area (Å²) in [7, 11) is 0. The Morgan fingerprint density at radius 3 is 2.55 bits per heavy atom. The van der Waals surface area contributed by atoms with Gasteiger partial charge in [-0.3, -0.25) is 19.7 Å². The van der Waals surface area contributed by atoms with E-state index in [9.17, 15) is 19.7 Å². The monoisotopic (exact) mass is 281 g/mol. The zero-order valence-corrected chi connectivity index (χ0v) is 11.3. The van der Waals surface area contributed by atoms with Crippen LogP contribution in [0.5, 0.6) is 11.5 Å². The summed E-state index contributed by atoms with van der Waals surface area (Å²) in [5.41, 5.74) is -0.423. The third-order valence-corrected chi connectivity index (χ3v) is 2.36. The number of hydrogen-bond donors (Lipinski definition) is 0. The van der Waals surface area contributed by atoms with Crippen molar-refractivity contribution < 1.29 is 24.0 Å². The molecule has 0 radical (unpaired) electrons. The molecule has 0 aromatic heterocycles. The summed E-state index contributed by atoms with van der Waals surface area (Å²) in [6.07, 6.45) is 1.55. The van der Waals surface area contributed by atoms with Gasteiger partial charge in [0.05, 0.1) is 4.92 Å². The summed E-state index contributed by atoms with van der Waals surface area (Å²) in [6.45, 7) is 3.06. The summed E-state index contributed by atoms with van der Waals surface area (Å²) >= 11 is 0. The van der Waals surface area contributed by atoms with E-state index in [-0.39, 0.29) is 17.9 Å². The van der Waals surface area contributed by atoms with Crippen LogP contribution >= 0.6 is 0 Å². The van der Waals surface area contributed by atoms with E-state index in [0.717, 1.165) is 13.3 Å². The van der Waals surface area contributed by atoms with Crippen molar-refractivity contribution in [3.63, 3.8) is 0 Å². The zero-order chi connectivity index (χ0) is 15.1. The number of rotatable bonds is 6. The van der Waals surface area contributed by atoms with Crippen LogP contribution in [0.25, 0.3) is 0 Å². The van der Waals surface area contributed by atoms with E-state index in [1.165, 1.54) is 18.2 Å². The van der Waals surface area contributed by atoms with Crippen LogP contribution in [0.2, 0.25) is 0 Å². The molecule has 0 fully saturated rings. The molecule has 0 aliphatic heterocycles. The van der Waals surface area contributed by atoms with Crippen LogP contribution in [0.15, 0.2) is 18.2 Å². The summed E-state index contributed by atoms with van der Waals surface area (Å²) in [6, 6.07) is 3.85. The first-order valence-electron chi connectivity index (χ1n) is 6.12. The van der Waals surface area contributed by atoms with Gasteiger partial charge < -0.3 is 9.47 Å². The van der Waals surface area contributed by atoms with Crippen molar-refractivity contribution in [2.75, 3.05) is 0 Å². The van der Waals surface area contributed by atoms with Gasteiger partial charge in [-0.15, -0.1) is 0 Å². The predicted molar refractivity (Wildman–Crippen MR) is 69.6 cm³/mol. The van der Waals surface area contributed by atoms with Gasteiger partial charge in [-0.2, -0.15) is 0 Å². The second-order valence-electron chi connectivity index (χ2n) is 4.03. The zero-order valence-electron chi connectivity index (χ0n) is 11.3. The second-order valence-corrected chi connectivity index (χ2v) is 4.03. The van der Waals surface area contributed by atoms with Gasteiger partial charge in [-0.1, -0.05) is 19.4 Å². The molecular weight excluding hydrogens is 266 g/mol. The number of esters is 2. The molecule has 7 nitrogen and oxygen atoms in total. The van der Waals surface area contributed by atoms with Crippen molar-refractivity contribution in [1.82, 2.24) is 0 Å². The lowest BCUT2D eigenvalue weighted by atomic mass is 10.2. The SMILES string of the molecule is CCCCC(=O)Oc1c(OC(C)=O)cccc1[N+](=O)[O-]. The van der Waals surface area contributed by atoms with Gasteiger partial charge in [-0.25, -0.2) is 0 Å². The van der Waals surface area contributed by atoms with Crippen LogP contribution < -0.4 is 9.47 Å². The van der Waals surface area contributed by atoms with Crippen LogP contribution in [-0.2, 0) is 9.59 Å². The fourth-order valence-electron chi connectivity index (χ4n) is 1.47. The molecule has 0 aliphatic rings. The summed E-state index contributed by atoms with van der Waals surface area (Å²) in [4.78, 5) is 32.8. The lowest BCUT2D eigenvalue weighted by Crippen LogP contribution is -2.11. The third kappa shape index (κ3) is 4.34. The highest BCUT2D eigenvalue weighted by atomic mass is 16.6. The molecule has 0 N–H and O–H groups in total. The van der Waals surface area contributed by atoms with Crippen LogP contribution in [0, 0.1) is 10.1 Å². The first-order chi connectivity index (χ1) is 9.45. The minimum absolute atomic E-state index is 0.141. The largest absolute Gasteiger partial charge is 0.422 e. The molecule has 0 saturated carbocycles. The predicted octanol–water partition coefficient (Wildman–Crippen LogP) is 2.62. The topological polar surface area (TPSA) is 95.7 Å². The molecule has 7 heteroatoms. The van der Waals surface area contributed by atoms with E-state index in [1.54, 1.807) is 0 Å². The first-order valence-corrected chi connectivity index (χ1v) is 6.12. The molecule has 0 bridgehead atoms. The van der Waals surface area contributed by atoms with E-state index in [0.29, 0.717) is 6.42 Å². The number of nitrogens with zero attached hydrogens (tertiary/aromatic N) is 1. The van der Waals surface area contributed by atoms with E-state index in [1.807, 2.05) is 6.92 Å². The highest BCUT2D eigenvalue weighted by Gasteiger charge is 2.23.